The summed E-state index contributed by atoms with van der Waals surface area (Å²) in [6, 6.07) is 1.96. The highest BCUT2D eigenvalue weighted by atomic mass is 127. The van der Waals surface area contributed by atoms with Crippen molar-refractivity contribution in [1.29, 1.82) is 0 Å². The Labute approximate surface area is 117 Å². The number of nitrogens with zero attached hydrogens (tertiary/aromatic N) is 2. The van der Waals surface area contributed by atoms with E-state index in [4.69, 9.17) is 4.74 Å². The molecule has 2 rings (SSSR count). The highest BCUT2D eigenvalue weighted by Gasteiger charge is 2.22. The molecule has 0 spiro atoms. The monoisotopic (exact) mass is 364 g/mol. The zero-order chi connectivity index (χ0) is 12.8. The van der Waals surface area contributed by atoms with Gasteiger partial charge in [-0.15, -0.1) is 11.3 Å². The van der Waals surface area contributed by atoms with Crippen molar-refractivity contribution in [3.8, 4) is 0 Å². The first-order valence-electron chi connectivity index (χ1n) is 5.16. The second kappa shape index (κ2) is 4.24. The average Bonchev–Trinajstić information content (AvgIpc) is 2.63. The first kappa shape index (κ1) is 12.8. The molecule has 0 bridgehead atoms. The Balaban J connectivity index is 2.45. The van der Waals surface area contributed by atoms with E-state index in [1.807, 2.05) is 33.8 Å². The van der Waals surface area contributed by atoms with Crippen molar-refractivity contribution in [2.75, 3.05) is 0 Å². The van der Waals surface area contributed by atoms with E-state index in [9.17, 15) is 4.79 Å². The molecule has 0 atom stereocenters. The number of hydrogen-bond acceptors (Lipinski definition) is 4. The van der Waals surface area contributed by atoms with Gasteiger partial charge in [0.25, 0.3) is 0 Å². The second-order valence-electron chi connectivity index (χ2n) is 4.75. The van der Waals surface area contributed by atoms with Gasteiger partial charge in [0.1, 0.15) is 9.30 Å². The average molecular weight is 364 g/mol. The van der Waals surface area contributed by atoms with Crippen LogP contribution in [0.2, 0.25) is 0 Å². The van der Waals surface area contributed by atoms with Gasteiger partial charge in [-0.05, 0) is 56.4 Å². The van der Waals surface area contributed by atoms with Crippen LogP contribution >= 0.6 is 33.9 Å². The number of rotatable bonds is 0. The minimum absolute atomic E-state index is 0.428. The molecule has 0 N–H and O–H groups in total. The van der Waals surface area contributed by atoms with Crippen LogP contribution in [0.1, 0.15) is 25.6 Å². The number of carbonyl (C=O) groups excluding carboxylic acids is 1. The molecule has 0 radical (unpaired) electrons. The van der Waals surface area contributed by atoms with E-state index in [2.05, 4.69) is 27.7 Å². The first-order chi connectivity index (χ1) is 7.78. The molecule has 0 aromatic carbocycles. The Kier molecular flexibility index (Phi) is 3.19. The number of ether oxygens (including phenoxy) is 1. The number of halogens is 1. The molecule has 0 aliphatic carbocycles. The Morgan fingerprint density at radius 1 is 1.53 bits per heavy atom. The maximum absolute atomic E-state index is 12.0. The summed E-state index contributed by atoms with van der Waals surface area (Å²) in [5.74, 6) is 0. The van der Waals surface area contributed by atoms with Gasteiger partial charge in [0.2, 0.25) is 0 Å². The molecule has 0 aliphatic heterocycles. The molecule has 0 saturated carbocycles. The zero-order valence-corrected chi connectivity index (χ0v) is 13.0. The summed E-state index contributed by atoms with van der Waals surface area (Å²) in [6.45, 7) is 7.54. The Bertz CT molecular complexity index is 580. The van der Waals surface area contributed by atoms with Crippen molar-refractivity contribution in [2.24, 2.45) is 0 Å². The van der Waals surface area contributed by atoms with Gasteiger partial charge in [-0.1, -0.05) is 0 Å². The minimum Gasteiger partial charge on any atom is -0.442 e. The van der Waals surface area contributed by atoms with Crippen LogP contribution in [-0.4, -0.2) is 21.5 Å². The molecular formula is C11H13IN2O2S. The van der Waals surface area contributed by atoms with E-state index < -0.39 is 11.7 Å². The van der Waals surface area contributed by atoms with E-state index in [0.717, 1.165) is 18.8 Å². The third-order valence-corrected chi connectivity index (χ3v) is 4.17. The molecule has 92 valence electrons. The first-order valence-corrected chi connectivity index (χ1v) is 7.05. The molecule has 2 heterocycles. The third kappa shape index (κ3) is 2.62. The Morgan fingerprint density at radius 3 is 2.76 bits per heavy atom. The molecule has 0 saturated heterocycles. The molecule has 2 aromatic heterocycles. The number of thiophene rings is 1. The fourth-order valence-electron chi connectivity index (χ4n) is 1.44. The maximum Gasteiger partial charge on any atom is 0.435 e. The van der Waals surface area contributed by atoms with Crippen LogP contribution in [0.15, 0.2) is 6.07 Å². The Hall–Kier alpha value is -0.630. The smallest absolute Gasteiger partial charge is 0.435 e. The van der Waals surface area contributed by atoms with Crippen molar-refractivity contribution in [1.82, 2.24) is 9.78 Å². The lowest BCUT2D eigenvalue weighted by Crippen LogP contribution is -2.27. The number of carbonyl (C=O) groups is 1. The molecule has 0 aliphatic rings. The SMILES string of the molecule is Cc1cc2c(s1)c(I)nn2C(=O)OC(C)(C)C. The lowest BCUT2D eigenvalue weighted by molar-refractivity contribution is 0.0522. The van der Waals surface area contributed by atoms with E-state index >= 15 is 0 Å². The van der Waals surface area contributed by atoms with Crippen molar-refractivity contribution in [3.05, 3.63) is 14.6 Å². The predicted molar refractivity (Wildman–Crippen MR) is 76.7 cm³/mol. The van der Waals surface area contributed by atoms with Gasteiger partial charge in [-0.25, -0.2) is 4.79 Å². The van der Waals surface area contributed by atoms with Crippen LogP contribution in [0.25, 0.3) is 10.2 Å². The van der Waals surface area contributed by atoms with Gasteiger partial charge in [-0.2, -0.15) is 9.78 Å². The van der Waals surface area contributed by atoms with Crippen LogP contribution in [0.5, 0.6) is 0 Å². The van der Waals surface area contributed by atoms with Gasteiger partial charge in [0.15, 0.2) is 0 Å². The highest BCUT2D eigenvalue weighted by Crippen LogP contribution is 2.29. The molecule has 0 unspecified atom stereocenters. The molecule has 17 heavy (non-hydrogen) atoms. The van der Waals surface area contributed by atoms with Crippen molar-refractivity contribution >= 4 is 50.2 Å². The van der Waals surface area contributed by atoms with Crippen LogP contribution < -0.4 is 0 Å². The van der Waals surface area contributed by atoms with E-state index in [0.29, 0.717) is 0 Å². The molecule has 4 nitrogen and oxygen atoms in total. The molecule has 0 fully saturated rings. The van der Waals surface area contributed by atoms with Crippen LogP contribution in [0.4, 0.5) is 4.79 Å². The van der Waals surface area contributed by atoms with E-state index in [-0.39, 0.29) is 0 Å². The summed E-state index contributed by atoms with van der Waals surface area (Å²) < 4.78 is 8.53. The van der Waals surface area contributed by atoms with Crippen molar-refractivity contribution in [3.63, 3.8) is 0 Å². The fourth-order valence-corrected chi connectivity index (χ4v) is 3.13. The maximum atomic E-state index is 12.0. The summed E-state index contributed by atoms with van der Waals surface area (Å²) in [5, 5.41) is 4.21. The minimum atomic E-state index is -0.508. The normalized spacial score (nSPS) is 12.1. The lowest BCUT2D eigenvalue weighted by atomic mass is 10.2. The van der Waals surface area contributed by atoms with Crippen molar-refractivity contribution < 1.29 is 9.53 Å². The van der Waals surface area contributed by atoms with Gasteiger partial charge < -0.3 is 4.74 Å². The number of aryl methyl sites for hydroxylation is 1. The predicted octanol–water partition coefficient (Wildman–Crippen LogP) is 3.79. The fraction of sp³-hybridized carbons (Fsp3) is 0.455. The van der Waals surface area contributed by atoms with E-state index in [1.54, 1.807) is 11.3 Å². The molecular weight excluding hydrogens is 351 g/mol. The number of fused-ring (bicyclic) bond motifs is 1. The van der Waals surface area contributed by atoms with Crippen LogP contribution in [0, 0.1) is 10.6 Å². The van der Waals surface area contributed by atoms with Gasteiger partial charge >= 0.3 is 6.09 Å². The van der Waals surface area contributed by atoms with Gasteiger partial charge in [-0.3, -0.25) is 0 Å². The summed E-state index contributed by atoms with van der Waals surface area (Å²) in [6.07, 6.45) is -0.428. The lowest BCUT2D eigenvalue weighted by Gasteiger charge is -2.18. The summed E-state index contributed by atoms with van der Waals surface area (Å²) in [4.78, 5) is 13.1. The summed E-state index contributed by atoms with van der Waals surface area (Å²) >= 11 is 3.77. The summed E-state index contributed by atoms with van der Waals surface area (Å²) in [5.41, 5.74) is 0.317. The Morgan fingerprint density at radius 2 is 2.18 bits per heavy atom. The second-order valence-corrected chi connectivity index (χ2v) is 7.03. The molecule has 6 heteroatoms. The van der Waals surface area contributed by atoms with Crippen LogP contribution in [0.3, 0.4) is 0 Å². The largest absolute Gasteiger partial charge is 0.442 e. The standard InChI is InChI=1S/C11H13IN2O2S/c1-6-5-7-8(17-6)9(12)13-14(7)10(15)16-11(2,3)4/h5H,1-4H3. The summed E-state index contributed by atoms with van der Waals surface area (Å²) in [7, 11) is 0. The van der Waals surface area contributed by atoms with Crippen LogP contribution in [-0.2, 0) is 4.74 Å². The molecule has 0 amide bonds. The topological polar surface area (TPSA) is 44.1 Å². The van der Waals surface area contributed by atoms with E-state index in [1.165, 1.54) is 4.68 Å². The van der Waals surface area contributed by atoms with Crippen molar-refractivity contribution in [2.45, 2.75) is 33.3 Å². The quantitative estimate of drug-likeness (QED) is 0.668. The number of hydrogen-bond donors (Lipinski definition) is 0. The van der Waals surface area contributed by atoms with Gasteiger partial charge in [0, 0.05) is 4.88 Å². The molecule has 2 aromatic rings. The van der Waals surface area contributed by atoms with Gasteiger partial charge in [0.05, 0.1) is 10.2 Å². The highest BCUT2D eigenvalue weighted by molar-refractivity contribution is 14.1. The number of aromatic nitrogens is 2. The third-order valence-electron chi connectivity index (χ3n) is 2.01. The zero-order valence-electron chi connectivity index (χ0n) is 10.1.